The van der Waals surface area contributed by atoms with Gasteiger partial charge < -0.3 is 4.42 Å². The quantitative estimate of drug-likeness (QED) is 0.578. The van der Waals surface area contributed by atoms with E-state index in [1.54, 1.807) is 24.3 Å². The van der Waals surface area contributed by atoms with E-state index in [2.05, 4.69) is 0 Å². The SMILES string of the molecule is CS(=O)(=O)/C(C#N)=C/C=C/c1ccco1. The highest BCUT2D eigenvalue weighted by molar-refractivity contribution is 7.94. The second-order valence-corrected chi connectivity index (χ2v) is 4.77. The summed E-state index contributed by atoms with van der Waals surface area (Å²) < 4.78 is 27.0. The molecule has 0 bridgehead atoms. The van der Waals surface area contributed by atoms with Crippen molar-refractivity contribution in [2.24, 2.45) is 0 Å². The highest BCUT2D eigenvalue weighted by Crippen LogP contribution is 2.06. The lowest BCUT2D eigenvalue weighted by molar-refractivity contribution is 0.557. The van der Waals surface area contributed by atoms with Gasteiger partial charge in [-0.25, -0.2) is 8.42 Å². The Bertz CT molecular complexity index is 516. The van der Waals surface area contributed by atoms with Crippen molar-refractivity contribution in [1.29, 1.82) is 5.26 Å². The van der Waals surface area contributed by atoms with Gasteiger partial charge in [-0.2, -0.15) is 5.26 Å². The molecule has 0 aliphatic heterocycles. The normalized spacial score (nSPS) is 12.9. The van der Waals surface area contributed by atoms with Gasteiger partial charge in [-0.1, -0.05) is 6.08 Å². The van der Waals surface area contributed by atoms with E-state index >= 15 is 0 Å². The molecule has 0 aliphatic rings. The topological polar surface area (TPSA) is 71.1 Å². The van der Waals surface area contributed by atoms with Crippen LogP contribution in [0.4, 0.5) is 0 Å². The minimum absolute atomic E-state index is 0.273. The molecule has 0 spiro atoms. The fourth-order valence-electron chi connectivity index (χ4n) is 0.860. The maximum absolute atomic E-state index is 11.0. The monoisotopic (exact) mass is 223 g/mol. The molecule has 0 N–H and O–H groups in total. The van der Waals surface area contributed by atoms with Gasteiger partial charge in [0.15, 0.2) is 9.84 Å². The zero-order valence-corrected chi connectivity index (χ0v) is 8.86. The largest absolute Gasteiger partial charge is 0.465 e. The molecule has 5 heteroatoms. The smallest absolute Gasteiger partial charge is 0.185 e. The Morgan fingerprint density at radius 2 is 2.33 bits per heavy atom. The first-order valence-electron chi connectivity index (χ1n) is 4.06. The number of hydrogen-bond donors (Lipinski definition) is 0. The molecule has 0 atom stereocenters. The second kappa shape index (κ2) is 4.62. The van der Waals surface area contributed by atoms with Crippen molar-refractivity contribution in [2.45, 2.75) is 0 Å². The number of sulfone groups is 1. The molecule has 15 heavy (non-hydrogen) atoms. The van der Waals surface area contributed by atoms with Gasteiger partial charge >= 0.3 is 0 Å². The molecule has 1 aromatic rings. The highest BCUT2D eigenvalue weighted by atomic mass is 32.2. The van der Waals surface area contributed by atoms with E-state index in [1.165, 1.54) is 18.4 Å². The van der Waals surface area contributed by atoms with Crippen LogP contribution in [-0.2, 0) is 9.84 Å². The Morgan fingerprint density at radius 1 is 1.60 bits per heavy atom. The minimum Gasteiger partial charge on any atom is -0.465 e. The molecule has 1 aromatic heterocycles. The molecule has 0 saturated carbocycles. The molecule has 0 unspecified atom stereocenters. The summed E-state index contributed by atoms with van der Waals surface area (Å²) in [5, 5.41) is 8.56. The van der Waals surface area contributed by atoms with Crippen LogP contribution in [0.15, 0.2) is 39.9 Å². The number of nitrogens with zero attached hydrogens (tertiary/aromatic N) is 1. The van der Waals surface area contributed by atoms with E-state index in [9.17, 15) is 8.42 Å². The van der Waals surface area contributed by atoms with Crippen LogP contribution in [-0.4, -0.2) is 14.7 Å². The maximum atomic E-state index is 11.0. The van der Waals surface area contributed by atoms with Gasteiger partial charge in [0.1, 0.15) is 16.7 Å². The van der Waals surface area contributed by atoms with E-state index < -0.39 is 9.84 Å². The third-order valence-electron chi connectivity index (χ3n) is 1.56. The first-order chi connectivity index (χ1) is 7.04. The van der Waals surface area contributed by atoms with Crippen molar-refractivity contribution >= 4 is 15.9 Å². The van der Waals surface area contributed by atoms with E-state index in [4.69, 9.17) is 9.68 Å². The Balaban J connectivity index is 2.86. The molecule has 0 radical (unpaired) electrons. The Labute approximate surface area is 88.1 Å². The summed E-state index contributed by atoms with van der Waals surface area (Å²) in [5.41, 5.74) is 0. The summed E-state index contributed by atoms with van der Waals surface area (Å²) >= 11 is 0. The van der Waals surface area contributed by atoms with Crippen LogP contribution in [0.25, 0.3) is 6.08 Å². The lowest BCUT2D eigenvalue weighted by Gasteiger charge is -1.90. The number of rotatable bonds is 3. The summed E-state index contributed by atoms with van der Waals surface area (Å²) in [6.07, 6.45) is 6.76. The summed E-state index contributed by atoms with van der Waals surface area (Å²) in [4.78, 5) is -0.273. The summed E-state index contributed by atoms with van der Waals surface area (Å²) in [6.45, 7) is 0. The summed E-state index contributed by atoms with van der Waals surface area (Å²) in [7, 11) is -3.44. The van der Waals surface area contributed by atoms with Gasteiger partial charge in [0, 0.05) is 6.26 Å². The first-order valence-corrected chi connectivity index (χ1v) is 5.95. The molecule has 0 aliphatic carbocycles. The fraction of sp³-hybridized carbons (Fsp3) is 0.100. The Morgan fingerprint density at radius 3 is 2.80 bits per heavy atom. The third-order valence-corrected chi connectivity index (χ3v) is 2.59. The minimum atomic E-state index is -3.44. The lowest BCUT2D eigenvalue weighted by atomic mass is 10.4. The maximum Gasteiger partial charge on any atom is 0.185 e. The molecule has 1 rings (SSSR count). The number of hydrogen-bond acceptors (Lipinski definition) is 4. The number of nitriles is 1. The van der Waals surface area contributed by atoms with E-state index in [0.29, 0.717) is 5.76 Å². The Kier molecular flexibility index (Phi) is 3.47. The predicted molar refractivity (Wildman–Crippen MR) is 56.3 cm³/mol. The van der Waals surface area contributed by atoms with Crippen LogP contribution in [0.1, 0.15) is 5.76 Å². The predicted octanol–water partition coefficient (Wildman–Crippen LogP) is 1.74. The molecule has 0 amide bonds. The van der Waals surface area contributed by atoms with E-state index in [0.717, 1.165) is 6.26 Å². The van der Waals surface area contributed by atoms with Gasteiger partial charge in [0.25, 0.3) is 0 Å². The molecule has 4 nitrogen and oxygen atoms in total. The van der Waals surface area contributed by atoms with Gasteiger partial charge in [0.05, 0.1) is 6.26 Å². The zero-order valence-electron chi connectivity index (χ0n) is 8.04. The Hall–Kier alpha value is -1.80. The summed E-state index contributed by atoms with van der Waals surface area (Å²) in [6, 6.07) is 5.05. The highest BCUT2D eigenvalue weighted by Gasteiger charge is 2.08. The van der Waals surface area contributed by atoms with Crippen LogP contribution in [0, 0.1) is 11.3 Å². The molecule has 0 aromatic carbocycles. The molecular weight excluding hydrogens is 214 g/mol. The van der Waals surface area contributed by atoms with Crippen molar-refractivity contribution in [3.63, 3.8) is 0 Å². The molecular formula is C10H9NO3S. The molecule has 1 heterocycles. The average molecular weight is 223 g/mol. The van der Waals surface area contributed by atoms with Gasteiger partial charge in [0.2, 0.25) is 0 Å². The standard InChI is InChI=1S/C10H9NO3S/c1-15(12,13)10(8-11)6-2-4-9-5-3-7-14-9/h2-7H,1H3/b4-2+,10-6+. The third kappa shape index (κ3) is 3.44. The summed E-state index contributed by atoms with van der Waals surface area (Å²) in [5.74, 6) is 0.594. The van der Waals surface area contributed by atoms with Crippen molar-refractivity contribution < 1.29 is 12.8 Å². The number of allylic oxidation sites excluding steroid dienone is 3. The van der Waals surface area contributed by atoms with Crippen molar-refractivity contribution in [3.8, 4) is 6.07 Å². The van der Waals surface area contributed by atoms with Crippen molar-refractivity contribution in [3.05, 3.63) is 41.2 Å². The number of furan rings is 1. The lowest BCUT2D eigenvalue weighted by Crippen LogP contribution is -1.97. The van der Waals surface area contributed by atoms with E-state index in [1.807, 2.05) is 0 Å². The molecule has 78 valence electrons. The van der Waals surface area contributed by atoms with Gasteiger partial charge in [-0.3, -0.25) is 0 Å². The second-order valence-electron chi connectivity index (χ2n) is 2.79. The van der Waals surface area contributed by atoms with Crippen LogP contribution in [0.3, 0.4) is 0 Å². The van der Waals surface area contributed by atoms with Crippen LogP contribution < -0.4 is 0 Å². The van der Waals surface area contributed by atoms with Crippen LogP contribution in [0.5, 0.6) is 0 Å². The average Bonchev–Trinajstić information content (AvgIpc) is 2.62. The first kappa shape index (κ1) is 11.3. The zero-order chi connectivity index (χ0) is 11.3. The van der Waals surface area contributed by atoms with E-state index in [-0.39, 0.29) is 4.91 Å². The fourth-order valence-corrected chi connectivity index (χ4v) is 1.35. The van der Waals surface area contributed by atoms with Crippen LogP contribution >= 0.6 is 0 Å². The van der Waals surface area contributed by atoms with Crippen molar-refractivity contribution in [2.75, 3.05) is 6.26 Å². The molecule has 0 fully saturated rings. The van der Waals surface area contributed by atoms with Crippen LogP contribution in [0.2, 0.25) is 0 Å². The van der Waals surface area contributed by atoms with Gasteiger partial charge in [-0.05, 0) is 24.3 Å². The molecule has 0 saturated heterocycles. The van der Waals surface area contributed by atoms with Gasteiger partial charge in [-0.15, -0.1) is 0 Å². The van der Waals surface area contributed by atoms with Crippen molar-refractivity contribution in [1.82, 2.24) is 0 Å².